The van der Waals surface area contributed by atoms with Crippen molar-refractivity contribution in [3.8, 4) is 45.4 Å². The summed E-state index contributed by atoms with van der Waals surface area (Å²) in [6.07, 6.45) is 3.82. The number of aromatic nitrogens is 4. The highest BCUT2D eigenvalue weighted by Gasteiger charge is 2.23. The van der Waals surface area contributed by atoms with Gasteiger partial charge in [-0.3, -0.25) is 14.9 Å². The Morgan fingerprint density at radius 3 is 1.90 bits per heavy atom. The van der Waals surface area contributed by atoms with Gasteiger partial charge in [0.1, 0.15) is 11.4 Å². The first-order valence-corrected chi connectivity index (χ1v) is 13.6. The number of nitrogens with zero attached hydrogens (tertiary/aromatic N) is 5. The molecule has 208 valence electrons. The van der Waals surface area contributed by atoms with E-state index < -0.39 is 0 Å². The second-order valence-corrected chi connectivity index (χ2v) is 10.2. The zero-order valence-corrected chi connectivity index (χ0v) is 24.0. The Bertz CT molecular complexity index is 1520. The molecule has 0 aliphatic carbocycles. The maximum absolute atomic E-state index is 9.86. The van der Waals surface area contributed by atoms with E-state index in [0.29, 0.717) is 75.3 Å². The molecule has 0 amide bonds. The van der Waals surface area contributed by atoms with Crippen LogP contribution in [-0.4, -0.2) is 70.4 Å². The van der Waals surface area contributed by atoms with Gasteiger partial charge in [-0.05, 0) is 13.5 Å². The van der Waals surface area contributed by atoms with Gasteiger partial charge in [0, 0.05) is 48.4 Å². The van der Waals surface area contributed by atoms with Crippen molar-refractivity contribution in [2.45, 2.75) is 25.6 Å². The predicted molar refractivity (Wildman–Crippen MR) is 156 cm³/mol. The quantitative estimate of drug-likeness (QED) is 0.286. The van der Waals surface area contributed by atoms with Crippen molar-refractivity contribution in [3.63, 3.8) is 0 Å². The molecule has 2 N–H and O–H groups in total. The summed E-state index contributed by atoms with van der Waals surface area (Å²) in [7, 11) is 4.98. The molecular formula is C29H30Cl2N6O3. The van der Waals surface area contributed by atoms with Gasteiger partial charge in [-0.25, -0.2) is 9.97 Å². The van der Waals surface area contributed by atoms with E-state index in [4.69, 9.17) is 37.7 Å². The molecule has 2 aromatic heterocycles. The lowest BCUT2D eigenvalue weighted by molar-refractivity contribution is 0.174. The Labute approximate surface area is 243 Å². The molecule has 1 aliphatic heterocycles. The van der Waals surface area contributed by atoms with E-state index in [0.717, 1.165) is 24.1 Å². The molecule has 5 rings (SSSR count). The van der Waals surface area contributed by atoms with Crippen molar-refractivity contribution >= 4 is 23.2 Å². The van der Waals surface area contributed by atoms with Crippen LogP contribution in [0.3, 0.4) is 0 Å². The van der Waals surface area contributed by atoms with Crippen molar-refractivity contribution in [1.82, 2.24) is 30.2 Å². The molecule has 0 spiro atoms. The fourth-order valence-electron chi connectivity index (χ4n) is 4.82. The number of halogens is 2. The zero-order chi connectivity index (χ0) is 28.2. The molecule has 11 heteroatoms. The van der Waals surface area contributed by atoms with Crippen LogP contribution in [0.15, 0.2) is 48.8 Å². The van der Waals surface area contributed by atoms with Crippen LogP contribution < -0.4 is 14.8 Å². The Kier molecular flexibility index (Phi) is 8.78. The normalized spacial score (nSPS) is 15.4. The molecule has 2 aromatic carbocycles. The highest BCUT2D eigenvalue weighted by Crippen LogP contribution is 2.42. The van der Waals surface area contributed by atoms with Gasteiger partial charge in [0.05, 0.1) is 54.2 Å². The highest BCUT2D eigenvalue weighted by atomic mass is 35.5. The van der Waals surface area contributed by atoms with E-state index in [-0.39, 0.29) is 6.10 Å². The van der Waals surface area contributed by atoms with Crippen LogP contribution in [0.2, 0.25) is 10.0 Å². The zero-order valence-electron chi connectivity index (χ0n) is 22.5. The number of hydrogen-bond acceptors (Lipinski definition) is 9. The lowest BCUT2D eigenvalue weighted by atomic mass is 9.98. The number of ether oxygens (including phenoxy) is 2. The summed E-state index contributed by atoms with van der Waals surface area (Å²) in [6, 6.07) is 11.4. The van der Waals surface area contributed by atoms with Gasteiger partial charge >= 0.3 is 0 Å². The molecule has 1 saturated heterocycles. The minimum Gasteiger partial charge on any atom is -0.480 e. The van der Waals surface area contributed by atoms with E-state index in [1.165, 1.54) is 0 Å². The number of aliphatic hydroxyl groups excluding tert-OH is 1. The second kappa shape index (κ2) is 12.4. The smallest absolute Gasteiger partial charge is 0.237 e. The molecule has 0 unspecified atom stereocenters. The maximum Gasteiger partial charge on any atom is 0.237 e. The first-order valence-electron chi connectivity index (χ1n) is 12.9. The first kappa shape index (κ1) is 28.2. The molecule has 1 aliphatic rings. The fourth-order valence-corrected chi connectivity index (χ4v) is 5.47. The molecular weight excluding hydrogens is 551 g/mol. The number of methoxy groups -OCH3 is 2. The van der Waals surface area contributed by atoms with E-state index >= 15 is 0 Å². The van der Waals surface area contributed by atoms with Crippen LogP contribution in [0.5, 0.6) is 11.8 Å². The Morgan fingerprint density at radius 2 is 1.40 bits per heavy atom. The summed E-state index contributed by atoms with van der Waals surface area (Å²) >= 11 is 13.9. The van der Waals surface area contributed by atoms with Gasteiger partial charge in [-0.2, -0.15) is 0 Å². The Hall–Kier alpha value is -3.34. The minimum atomic E-state index is -0.308. The molecule has 1 atom stereocenters. The van der Waals surface area contributed by atoms with Crippen molar-refractivity contribution in [1.29, 1.82) is 0 Å². The van der Waals surface area contributed by atoms with Gasteiger partial charge in [-0.1, -0.05) is 59.6 Å². The number of nitrogens with one attached hydrogen (secondary N) is 1. The van der Waals surface area contributed by atoms with Crippen LogP contribution in [0.25, 0.3) is 33.6 Å². The molecule has 1 fully saturated rings. The van der Waals surface area contributed by atoms with Crippen molar-refractivity contribution in [2.75, 3.05) is 34.4 Å². The van der Waals surface area contributed by atoms with E-state index in [2.05, 4.69) is 25.2 Å². The molecule has 4 aromatic rings. The van der Waals surface area contributed by atoms with Crippen LogP contribution in [0.1, 0.15) is 17.8 Å². The monoisotopic (exact) mass is 580 g/mol. The number of benzene rings is 2. The molecule has 3 heterocycles. The lowest BCUT2D eigenvalue weighted by Crippen LogP contribution is -2.22. The second-order valence-electron chi connectivity index (χ2n) is 9.46. The average Bonchev–Trinajstić information content (AvgIpc) is 3.38. The summed E-state index contributed by atoms with van der Waals surface area (Å²) in [6.45, 7) is 2.49. The number of β-amino-alcohol motifs (C(OH)–C–C–N with tert-alkyl or cyclic N) is 1. The van der Waals surface area contributed by atoms with Crippen LogP contribution in [0, 0.1) is 0 Å². The highest BCUT2D eigenvalue weighted by molar-refractivity contribution is 6.39. The Balaban J connectivity index is 1.49. The third-order valence-electron chi connectivity index (χ3n) is 6.81. The van der Waals surface area contributed by atoms with Gasteiger partial charge in [0.2, 0.25) is 11.8 Å². The lowest BCUT2D eigenvalue weighted by Gasteiger charge is -2.17. The average molecular weight is 582 g/mol. The van der Waals surface area contributed by atoms with Crippen LogP contribution in [-0.2, 0) is 13.1 Å². The van der Waals surface area contributed by atoms with Gasteiger partial charge in [0.15, 0.2) is 0 Å². The van der Waals surface area contributed by atoms with Crippen molar-refractivity contribution in [2.24, 2.45) is 0 Å². The topological polar surface area (TPSA) is 106 Å². The van der Waals surface area contributed by atoms with Crippen molar-refractivity contribution in [3.05, 3.63) is 70.2 Å². The predicted octanol–water partition coefficient (Wildman–Crippen LogP) is 4.88. The molecule has 40 heavy (non-hydrogen) atoms. The summed E-state index contributed by atoms with van der Waals surface area (Å²) < 4.78 is 11.0. The number of likely N-dealkylation sites (tertiary alicyclic amines) is 1. The number of hydrogen-bond donors (Lipinski definition) is 2. The summed E-state index contributed by atoms with van der Waals surface area (Å²) in [5.41, 5.74) is 5.49. The molecule has 0 radical (unpaired) electrons. The maximum atomic E-state index is 9.86. The Morgan fingerprint density at radius 1 is 0.875 bits per heavy atom. The largest absolute Gasteiger partial charge is 0.480 e. The molecule has 0 bridgehead atoms. The van der Waals surface area contributed by atoms with Gasteiger partial charge in [-0.15, -0.1) is 0 Å². The number of aliphatic hydroxyl groups is 1. The van der Waals surface area contributed by atoms with Crippen molar-refractivity contribution < 1.29 is 14.6 Å². The third-order valence-corrected chi connectivity index (χ3v) is 7.63. The van der Waals surface area contributed by atoms with Crippen LogP contribution in [0.4, 0.5) is 0 Å². The SMILES string of the molecule is CNCc1ncc(-c2cccc(-c3cccc(-c4cnc(CN5CC[C@H](O)C5)c(OC)n4)c3Cl)c2Cl)nc1OC. The van der Waals surface area contributed by atoms with E-state index in [9.17, 15) is 5.11 Å². The van der Waals surface area contributed by atoms with E-state index in [1.807, 2.05) is 43.4 Å². The summed E-state index contributed by atoms with van der Waals surface area (Å²) in [5, 5.41) is 13.9. The summed E-state index contributed by atoms with van der Waals surface area (Å²) in [5.74, 6) is 0.861. The first-order chi connectivity index (χ1) is 19.4. The van der Waals surface area contributed by atoms with Gasteiger partial charge in [0.25, 0.3) is 0 Å². The van der Waals surface area contributed by atoms with Crippen LogP contribution >= 0.6 is 23.2 Å². The molecule has 0 saturated carbocycles. The molecule has 9 nitrogen and oxygen atoms in total. The minimum absolute atomic E-state index is 0.308. The standard InChI is InChI=1S/C29H30Cl2N6O3/c1-32-12-24-28(39-2)35-22(13-33-24)20-8-4-6-18(26(20)30)19-7-5-9-21(27(19)31)23-14-34-25(29(36-23)40-3)16-37-11-10-17(38)15-37/h4-9,13-14,17,32,38H,10-12,15-16H2,1-3H3/t17-/m0/s1. The third kappa shape index (κ3) is 5.75. The van der Waals surface area contributed by atoms with E-state index in [1.54, 1.807) is 26.6 Å². The fraction of sp³-hybridized carbons (Fsp3) is 0.310. The summed E-state index contributed by atoms with van der Waals surface area (Å²) in [4.78, 5) is 20.6. The van der Waals surface area contributed by atoms with Gasteiger partial charge < -0.3 is 19.9 Å². The number of rotatable bonds is 9.